The monoisotopic (exact) mass is 512 g/mol. The Labute approximate surface area is 217 Å². The van der Waals surface area contributed by atoms with Gasteiger partial charge in [-0.2, -0.15) is 0 Å². The summed E-state index contributed by atoms with van der Waals surface area (Å²) in [6, 6.07) is 21.2. The summed E-state index contributed by atoms with van der Waals surface area (Å²) >= 11 is 0. The zero-order valence-corrected chi connectivity index (χ0v) is 20.0. The maximum atomic E-state index is 11.6. The van der Waals surface area contributed by atoms with Crippen LogP contribution in [0.25, 0.3) is 5.57 Å². The van der Waals surface area contributed by atoms with Crippen molar-refractivity contribution in [3.8, 4) is 11.5 Å². The molecule has 9 heteroatoms. The number of carbonyl (C=O) groups excluding carboxylic acids is 2. The lowest BCUT2D eigenvalue weighted by atomic mass is 9.85. The lowest BCUT2D eigenvalue weighted by Crippen LogP contribution is -2.39. The second kappa shape index (κ2) is 9.79. The number of amides is 2. The van der Waals surface area contributed by atoms with Gasteiger partial charge >= 0.3 is 6.03 Å². The van der Waals surface area contributed by atoms with E-state index in [1.165, 1.54) is 24.3 Å². The van der Waals surface area contributed by atoms with Crippen LogP contribution in [0.1, 0.15) is 11.1 Å². The Balaban J connectivity index is 0.000000163. The summed E-state index contributed by atoms with van der Waals surface area (Å²) in [4.78, 5) is 23.1. The number of phenolic OH excluding ortho intramolecular Hbond substituents is 2. The summed E-state index contributed by atoms with van der Waals surface area (Å²) in [5, 5.41) is 45.5. The minimum atomic E-state index is -1.33. The molecule has 38 heavy (non-hydrogen) atoms. The zero-order chi connectivity index (χ0) is 26.9. The van der Waals surface area contributed by atoms with Crippen LogP contribution in [0.5, 0.6) is 11.5 Å². The Morgan fingerprint density at radius 1 is 0.842 bits per heavy atom. The highest BCUT2D eigenvalue weighted by Crippen LogP contribution is 2.50. The number of rotatable bonds is 2. The lowest BCUT2D eigenvalue weighted by Gasteiger charge is -2.33. The number of nitrogens with one attached hydrogen (secondary N) is 2. The minimum Gasteiger partial charge on any atom is -0.504 e. The molecular weight excluding hydrogens is 488 g/mol. The highest BCUT2D eigenvalue weighted by atomic mass is 16.5. The molecule has 0 spiro atoms. The van der Waals surface area contributed by atoms with Gasteiger partial charge in [0.25, 0.3) is 0 Å². The molecule has 2 amide bonds. The Morgan fingerprint density at radius 2 is 1.42 bits per heavy atom. The molecule has 1 atom stereocenters. The van der Waals surface area contributed by atoms with Gasteiger partial charge in [-0.15, -0.1) is 0 Å². The van der Waals surface area contributed by atoms with Gasteiger partial charge in [0.2, 0.25) is 11.5 Å². The van der Waals surface area contributed by atoms with E-state index in [1.807, 2.05) is 60.7 Å². The van der Waals surface area contributed by atoms with Crippen molar-refractivity contribution in [3.63, 3.8) is 0 Å². The average molecular weight is 513 g/mol. The molecule has 2 aliphatic carbocycles. The summed E-state index contributed by atoms with van der Waals surface area (Å²) in [6.45, 7) is -0.122. The summed E-state index contributed by atoms with van der Waals surface area (Å²) in [6.07, 6.45) is 2.90. The van der Waals surface area contributed by atoms with Gasteiger partial charge in [0.05, 0.1) is 0 Å². The number of para-hydroxylation sites is 2. The van der Waals surface area contributed by atoms with Crippen molar-refractivity contribution in [3.05, 3.63) is 113 Å². The SMILES string of the molecule is O=C(Nc1ccccc1)Nc1ccccc1.O=C1C=CC2=C3c4cc(O)c(O)cc4CC3(O)COC2=C1O. The van der Waals surface area contributed by atoms with Crippen LogP contribution < -0.4 is 10.6 Å². The smallest absolute Gasteiger partial charge is 0.323 e. The summed E-state index contributed by atoms with van der Waals surface area (Å²) in [5.41, 5.74) is 2.35. The van der Waals surface area contributed by atoms with Crippen molar-refractivity contribution in [1.29, 1.82) is 0 Å². The third-order valence-electron chi connectivity index (χ3n) is 6.30. The zero-order valence-electron chi connectivity index (χ0n) is 20.0. The lowest BCUT2D eigenvalue weighted by molar-refractivity contribution is -0.114. The van der Waals surface area contributed by atoms with Crippen molar-refractivity contribution in [2.75, 3.05) is 17.2 Å². The van der Waals surface area contributed by atoms with Crippen molar-refractivity contribution < 1.29 is 34.8 Å². The van der Waals surface area contributed by atoms with Gasteiger partial charge in [0, 0.05) is 28.9 Å². The number of benzene rings is 3. The molecule has 3 aromatic rings. The fourth-order valence-corrected chi connectivity index (χ4v) is 4.60. The maximum Gasteiger partial charge on any atom is 0.323 e. The molecule has 0 saturated carbocycles. The Morgan fingerprint density at radius 3 is 2.03 bits per heavy atom. The molecule has 1 heterocycles. The number of hydrogen-bond donors (Lipinski definition) is 6. The number of carbonyl (C=O) groups is 2. The molecule has 3 aliphatic rings. The molecule has 1 aliphatic heterocycles. The highest BCUT2D eigenvalue weighted by molar-refractivity contribution is 6.06. The fraction of sp³-hybridized carbons (Fsp3) is 0.103. The van der Waals surface area contributed by atoms with Crippen LogP contribution in [0.3, 0.4) is 0 Å². The first kappa shape index (κ1) is 24.7. The van der Waals surface area contributed by atoms with Crippen LogP contribution in [0, 0.1) is 0 Å². The second-order valence-electron chi connectivity index (χ2n) is 8.97. The number of aliphatic hydroxyl groups is 2. The predicted octanol–water partition coefficient (Wildman–Crippen LogP) is 4.41. The Kier molecular flexibility index (Phi) is 6.36. The van der Waals surface area contributed by atoms with Crippen LogP contribution >= 0.6 is 0 Å². The topological polar surface area (TPSA) is 148 Å². The van der Waals surface area contributed by atoms with Gasteiger partial charge in [-0.1, -0.05) is 36.4 Å². The van der Waals surface area contributed by atoms with E-state index in [-0.39, 0.29) is 36.3 Å². The maximum absolute atomic E-state index is 11.6. The van der Waals surface area contributed by atoms with E-state index in [9.17, 15) is 30.0 Å². The summed E-state index contributed by atoms with van der Waals surface area (Å²) in [5.74, 6) is -1.58. The molecule has 0 fully saturated rings. The van der Waals surface area contributed by atoms with Crippen LogP contribution in [0.15, 0.2) is 102 Å². The molecule has 0 bridgehead atoms. The second-order valence-corrected chi connectivity index (χ2v) is 8.97. The van der Waals surface area contributed by atoms with E-state index in [0.717, 1.165) is 11.4 Å². The van der Waals surface area contributed by atoms with E-state index in [4.69, 9.17) is 4.74 Å². The Hall–Kier alpha value is -5.02. The molecule has 1 unspecified atom stereocenters. The normalized spacial score (nSPS) is 18.9. The molecule has 0 radical (unpaired) electrons. The number of phenols is 2. The van der Waals surface area contributed by atoms with Crippen LogP contribution in [0.2, 0.25) is 0 Å². The molecule has 6 rings (SSSR count). The van der Waals surface area contributed by atoms with E-state index < -0.39 is 17.1 Å². The van der Waals surface area contributed by atoms with E-state index in [1.54, 1.807) is 0 Å². The van der Waals surface area contributed by atoms with Crippen molar-refractivity contribution >= 4 is 28.8 Å². The number of hydrogen-bond acceptors (Lipinski definition) is 7. The van der Waals surface area contributed by atoms with Crippen LogP contribution in [-0.2, 0) is 16.0 Å². The molecule has 0 saturated heterocycles. The number of anilines is 2. The highest BCUT2D eigenvalue weighted by Gasteiger charge is 2.47. The molecule has 192 valence electrons. The largest absolute Gasteiger partial charge is 0.504 e. The number of fused-ring (bicyclic) bond motifs is 4. The van der Waals surface area contributed by atoms with Gasteiger partial charge in [-0.3, -0.25) is 4.79 Å². The minimum absolute atomic E-state index is 0.0348. The van der Waals surface area contributed by atoms with Crippen molar-refractivity contribution in [2.45, 2.75) is 12.0 Å². The fourth-order valence-electron chi connectivity index (χ4n) is 4.60. The molecule has 9 nitrogen and oxygen atoms in total. The van der Waals surface area contributed by atoms with Crippen LogP contribution in [0.4, 0.5) is 16.2 Å². The molecule has 0 aromatic heterocycles. The predicted molar refractivity (Wildman–Crippen MR) is 141 cm³/mol. The third-order valence-corrected chi connectivity index (χ3v) is 6.30. The van der Waals surface area contributed by atoms with E-state index in [0.29, 0.717) is 22.3 Å². The van der Waals surface area contributed by atoms with Gasteiger partial charge in [-0.05, 0) is 59.7 Å². The number of aromatic hydroxyl groups is 2. The molecular formula is C29H24N2O7. The Bertz CT molecular complexity index is 1470. The number of aliphatic hydroxyl groups excluding tert-OH is 1. The molecule has 3 aromatic carbocycles. The molecule has 6 N–H and O–H groups in total. The van der Waals surface area contributed by atoms with Crippen molar-refractivity contribution in [2.24, 2.45) is 0 Å². The summed E-state index contributed by atoms with van der Waals surface area (Å²) < 4.78 is 5.40. The number of allylic oxidation sites excluding steroid dienone is 2. The average Bonchev–Trinajstić information content (AvgIpc) is 3.19. The number of ether oxygens (including phenoxy) is 1. The standard InChI is InChI=1S/C16H12O6.C13H12N2O/c17-10-2-1-8-13-9-4-12(19)11(18)3-7(9)5-16(13,21)6-22-15(8)14(10)20;16-13(14-11-7-3-1-4-8-11)15-12-9-5-2-6-10-12/h1-4,18-21H,5-6H2;1-10H,(H2,14,15,16). The van der Waals surface area contributed by atoms with Gasteiger partial charge < -0.3 is 35.8 Å². The van der Waals surface area contributed by atoms with Crippen molar-refractivity contribution in [1.82, 2.24) is 0 Å². The first-order valence-electron chi connectivity index (χ1n) is 11.7. The first-order chi connectivity index (χ1) is 18.2. The van der Waals surface area contributed by atoms with E-state index in [2.05, 4.69) is 10.6 Å². The van der Waals surface area contributed by atoms with Gasteiger partial charge in [0.1, 0.15) is 12.2 Å². The van der Waals surface area contributed by atoms with E-state index >= 15 is 0 Å². The van der Waals surface area contributed by atoms with Gasteiger partial charge in [0.15, 0.2) is 17.3 Å². The summed E-state index contributed by atoms with van der Waals surface area (Å²) in [7, 11) is 0. The number of urea groups is 1. The van der Waals surface area contributed by atoms with Crippen LogP contribution in [-0.4, -0.2) is 44.4 Å². The van der Waals surface area contributed by atoms with Gasteiger partial charge in [-0.25, -0.2) is 4.79 Å². The first-order valence-corrected chi connectivity index (χ1v) is 11.7. The quantitative estimate of drug-likeness (QED) is 0.279. The number of ketones is 1. The third kappa shape index (κ3) is 4.70.